The Kier molecular flexibility index (Phi) is 6.12. The van der Waals surface area contributed by atoms with E-state index in [1.807, 2.05) is 0 Å². The van der Waals surface area contributed by atoms with E-state index in [2.05, 4.69) is 15.5 Å². The smallest absolute Gasteiger partial charge is 0.338 e. The highest BCUT2D eigenvalue weighted by Gasteiger charge is 2.16. The number of nitrogens with zero attached hydrogens (tertiary/aromatic N) is 2. The first-order valence-electron chi connectivity index (χ1n) is 7.00. The molecule has 1 heterocycles. The lowest BCUT2D eigenvalue weighted by Crippen LogP contribution is -2.22. The SMILES string of the molecule is CC(C)OC(=O)c1ccc(NC(=O)[C@@H](C)Sc2nncs2)cc1. The molecule has 0 aliphatic rings. The number of hydrogen-bond acceptors (Lipinski definition) is 7. The number of hydrogen-bond donors (Lipinski definition) is 1. The van der Waals surface area contributed by atoms with E-state index in [9.17, 15) is 9.59 Å². The normalized spacial score (nSPS) is 12.0. The Morgan fingerprint density at radius 3 is 2.48 bits per heavy atom. The number of ether oxygens (including phenoxy) is 1. The Morgan fingerprint density at radius 1 is 1.22 bits per heavy atom. The monoisotopic (exact) mass is 351 g/mol. The summed E-state index contributed by atoms with van der Waals surface area (Å²) in [6, 6.07) is 6.61. The number of esters is 1. The van der Waals surface area contributed by atoms with Gasteiger partial charge in [-0.25, -0.2) is 4.79 Å². The Balaban J connectivity index is 1.92. The molecule has 1 amide bonds. The maximum absolute atomic E-state index is 12.1. The lowest BCUT2D eigenvalue weighted by atomic mass is 10.2. The van der Waals surface area contributed by atoms with E-state index in [1.165, 1.54) is 23.1 Å². The van der Waals surface area contributed by atoms with Gasteiger partial charge in [0, 0.05) is 5.69 Å². The van der Waals surface area contributed by atoms with Crippen molar-refractivity contribution >= 4 is 40.7 Å². The van der Waals surface area contributed by atoms with Crippen molar-refractivity contribution in [2.75, 3.05) is 5.32 Å². The first kappa shape index (κ1) is 17.4. The third-order valence-electron chi connectivity index (χ3n) is 2.72. The Labute approximate surface area is 142 Å². The lowest BCUT2D eigenvalue weighted by molar-refractivity contribution is -0.115. The van der Waals surface area contributed by atoms with Gasteiger partial charge in [0.1, 0.15) is 5.51 Å². The van der Waals surface area contributed by atoms with E-state index < -0.39 is 0 Å². The summed E-state index contributed by atoms with van der Waals surface area (Å²) in [7, 11) is 0. The average molecular weight is 351 g/mol. The summed E-state index contributed by atoms with van der Waals surface area (Å²) in [6.45, 7) is 5.39. The van der Waals surface area contributed by atoms with Crippen LogP contribution in [0.2, 0.25) is 0 Å². The first-order chi connectivity index (χ1) is 11.0. The van der Waals surface area contributed by atoms with Gasteiger partial charge in [-0.15, -0.1) is 10.2 Å². The standard InChI is InChI=1S/C15H17N3O3S2/c1-9(2)21-14(20)11-4-6-12(7-5-11)17-13(19)10(3)23-15-18-16-8-22-15/h4-10H,1-3H3,(H,17,19)/t10-/m1/s1. The summed E-state index contributed by atoms with van der Waals surface area (Å²) < 4.78 is 5.86. The number of thioether (sulfide) groups is 1. The van der Waals surface area contributed by atoms with Crippen LogP contribution in [0.1, 0.15) is 31.1 Å². The number of aromatic nitrogens is 2. The number of carbonyl (C=O) groups excluding carboxylic acids is 2. The first-order valence-corrected chi connectivity index (χ1v) is 8.76. The molecule has 0 saturated heterocycles. The second-order valence-electron chi connectivity index (χ2n) is 4.99. The highest BCUT2D eigenvalue weighted by atomic mass is 32.2. The van der Waals surface area contributed by atoms with Gasteiger partial charge in [-0.3, -0.25) is 4.79 Å². The van der Waals surface area contributed by atoms with Crippen molar-refractivity contribution in [3.8, 4) is 0 Å². The maximum Gasteiger partial charge on any atom is 0.338 e. The highest BCUT2D eigenvalue weighted by molar-refractivity contribution is 8.02. The molecule has 0 unspecified atom stereocenters. The van der Waals surface area contributed by atoms with Crippen LogP contribution in [0.3, 0.4) is 0 Å². The van der Waals surface area contributed by atoms with Gasteiger partial charge in [-0.2, -0.15) is 0 Å². The predicted octanol–water partition coefficient (Wildman–Crippen LogP) is 3.22. The fourth-order valence-corrected chi connectivity index (χ4v) is 3.26. The van der Waals surface area contributed by atoms with Crippen LogP contribution >= 0.6 is 23.1 Å². The van der Waals surface area contributed by atoms with Crippen molar-refractivity contribution in [1.82, 2.24) is 10.2 Å². The molecule has 2 aromatic rings. The zero-order chi connectivity index (χ0) is 16.8. The van der Waals surface area contributed by atoms with Gasteiger partial charge in [-0.05, 0) is 45.0 Å². The molecular weight excluding hydrogens is 334 g/mol. The Morgan fingerprint density at radius 2 is 1.91 bits per heavy atom. The minimum absolute atomic E-state index is 0.136. The second kappa shape index (κ2) is 8.07. The average Bonchev–Trinajstić information content (AvgIpc) is 3.00. The van der Waals surface area contributed by atoms with E-state index in [4.69, 9.17) is 4.74 Å². The maximum atomic E-state index is 12.1. The Hall–Kier alpha value is -1.93. The molecule has 1 atom stereocenters. The summed E-state index contributed by atoms with van der Waals surface area (Å²) in [5.41, 5.74) is 2.70. The molecule has 122 valence electrons. The van der Waals surface area contributed by atoms with Crippen LogP contribution in [-0.4, -0.2) is 33.4 Å². The molecule has 0 radical (unpaired) electrons. The molecule has 0 fully saturated rings. The molecule has 23 heavy (non-hydrogen) atoms. The lowest BCUT2D eigenvalue weighted by Gasteiger charge is -2.11. The van der Waals surface area contributed by atoms with Gasteiger partial charge in [0.15, 0.2) is 4.34 Å². The van der Waals surface area contributed by atoms with Crippen LogP contribution < -0.4 is 5.32 Å². The van der Waals surface area contributed by atoms with Gasteiger partial charge in [0.2, 0.25) is 5.91 Å². The largest absolute Gasteiger partial charge is 0.459 e. The highest BCUT2D eigenvalue weighted by Crippen LogP contribution is 2.25. The van der Waals surface area contributed by atoms with Crippen molar-refractivity contribution in [3.63, 3.8) is 0 Å². The van der Waals surface area contributed by atoms with E-state index >= 15 is 0 Å². The second-order valence-corrected chi connectivity index (χ2v) is 7.41. The molecule has 1 aromatic carbocycles. The predicted molar refractivity (Wildman–Crippen MR) is 90.9 cm³/mol. The van der Waals surface area contributed by atoms with Crippen LogP contribution in [0.15, 0.2) is 34.1 Å². The van der Waals surface area contributed by atoms with Crippen molar-refractivity contribution in [2.24, 2.45) is 0 Å². The molecule has 0 spiro atoms. The summed E-state index contributed by atoms with van der Waals surface area (Å²) in [5, 5.41) is 10.1. The van der Waals surface area contributed by atoms with Crippen LogP contribution in [0.25, 0.3) is 0 Å². The van der Waals surface area contributed by atoms with Crippen molar-refractivity contribution in [2.45, 2.75) is 36.5 Å². The van der Waals surface area contributed by atoms with Gasteiger partial charge >= 0.3 is 5.97 Å². The van der Waals surface area contributed by atoms with E-state index in [0.29, 0.717) is 11.3 Å². The van der Waals surface area contributed by atoms with Crippen LogP contribution in [0.4, 0.5) is 5.69 Å². The molecule has 0 aliphatic heterocycles. The number of nitrogens with one attached hydrogen (secondary N) is 1. The molecule has 2 rings (SSSR count). The van der Waals surface area contributed by atoms with Gasteiger partial charge in [0.25, 0.3) is 0 Å². The van der Waals surface area contributed by atoms with Gasteiger partial charge in [-0.1, -0.05) is 23.1 Å². The minimum Gasteiger partial charge on any atom is -0.459 e. The molecule has 1 aromatic heterocycles. The molecular formula is C15H17N3O3S2. The number of benzene rings is 1. The van der Waals surface area contributed by atoms with Crippen molar-refractivity contribution in [1.29, 1.82) is 0 Å². The number of amides is 1. The topological polar surface area (TPSA) is 81.2 Å². The minimum atomic E-state index is -0.377. The van der Waals surface area contributed by atoms with Crippen molar-refractivity contribution in [3.05, 3.63) is 35.3 Å². The molecule has 8 heteroatoms. The molecule has 0 aliphatic carbocycles. The third-order valence-corrected chi connectivity index (χ3v) is 4.63. The quantitative estimate of drug-likeness (QED) is 0.636. The number of carbonyl (C=O) groups is 2. The summed E-state index contributed by atoms with van der Waals surface area (Å²) in [6.07, 6.45) is -0.167. The molecule has 0 bridgehead atoms. The van der Waals surface area contributed by atoms with Gasteiger partial charge < -0.3 is 10.1 Å². The van der Waals surface area contributed by atoms with E-state index in [1.54, 1.807) is 50.5 Å². The van der Waals surface area contributed by atoms with E-state index in [0.717, 1.165) is 4.34 Å². The fraction of sp³-hybridized carbons (Fsp3) is 0.333. The summed E-state index contributed by atoms with van der Waals surface area (Å²) in [5.74, 6) is -0.513. The fourth-order valence-electron chi connectivity index (χ4n) is 1.63. The van der Waals surface area contributed by atoms with Gasteiger partial charge in [0.05, 0.1) is 16.9 Å². The molecule has 0 saturated carbocycles. The van der Waals surface area contributed by atoms with Crippen molar-refractivity contribution < 1.29 is 14.3 Å². The third kappa shape index (κ3) is 5.33. The summed E-state index contributed by atoms with van der Waals surface area (Å²) >= 11 is 2.75. The van der Waals surface area contributed by atoms with Crippen LogP contribution in [-0.2, 0) is 9.53 Å². The van der Waals surface area contributed by atoms with Crippen LogP contribution in [0, 0.1) is 0 Å². The molecule has 1 N–H and O–H groups in total. The number of rotatable bonds is 6. The van der Waals surface area contributed by atoms with E-state index in [-0.39, 0.29) is 23.2 Å². The summed E-state index contributed by atoms with van der Waals surface area (Å²) in [4.78, 5) is 23.9. The van der Waals surface area contributed by atoms with Crippen LogP contribution in [0.5, 0.6) is 0 Å². The zero-order valence-corrected chi connectivity index (χ0v) is 14.6. The zero-order valence-electron chi connectivity index (χ0n) is 13.0. The number of anilines is 1. The molecule has 6 nitrogen and oxygen atoms in total. The Bertz CT molecular complexity index is 657.